The Balaban J connectivity index is 3.77. The lowest BCUT2D eigenvalue weighted by Gasteiger charge is -2.06. The van der Waals surface area contributed by atoms with Crippen LogP contribution in [-0.4, -0.2) is 28.3 Å². The van der Waals surface area contributed by atoms with Gasteiger partial charge in [0, 0.05) is 0 Å². The number of carbonyl (C=O) groups excluding carboxylic acids is 1. The Kier molecular flexibility index (Phi) is 3.22. The molecule has 0 fully saturated rings. The Morgan fingerprint density at radius 2 is 1.94 bits per heavy atom. The number of methoxy groups -OCH3 is 1. The molecule has 9 heteroatoms. The molecule has 1 aromatic rings. The first kappa shape index (κ1) is 12.4. The highest BCUT2D eigenvalue weighted by Gasteiger charge is 2.32. The van der Waals surface area contributed by atoms with E-state index in [-0.39, 0.29) is 6.29 Å². The fourth-order valence-corrected chi connectivity index (χ4v) is 1.29. The van der Waals surface area contributed by atoms with E-state index < -0.39 is 38.3 Å². The molecule has 9 nitrogen and oxygen atoms in total. The minimum atomic E-state index is -1.03. The molecule has 0 aliphatic rings. The second kappa shape index (κ2) is 4.43. The zero-order valence-corrected chi connectivity index (χ0v) is 8.45. The number of aldehydes is 1. The molecular formula is C8H6N2O7. The Bertz CT molecular complexity index is 511. The average molecular weight is 242 g/mol. The monoisotopic (exact) mass is 242 g/mol. The molecule has 0 spiro atoms. The molecule has 90 valence electrons. The van der Waals surface area contributed by atoms with Crippen molar-refractivity contribution >= 4 is 17.7 Å². The molecule has 1 rings (SSSR count). The maximum Gasteiger partial charge on any atom is 0.332 e. The fraction of sp³-hybridized carbons (Fsp3) is 0.125. The van der Waals surface area contributed by atoms with Gasteiger partial charge in [-0.05, 0) is 0 Å². The van der Waals surface area contributed by atoms with Crippen LogP contribution in [0.25, 0.3) is 0 Å². The van der Waals surface area contributed by atoms with Gasteiger partial charge >= 0.3 is 5.69 Å². The van der Waals surface area contributed by atoms with Gasteiger partial charge in [0.2, 0.25) is 5.75 Å². The van der Waals surface area contributed by atoms with Crippen molar-refractivity contribution in [1.82, 2.24) is 0 Å². The Labute approximate surface area is 93.5 Å². The van der Waals surface area contributed by atoms with Crippen molar-refractivity contribution in [2.75, 3.05) is 7.11 Å². The second-order valence-corrected chi connectivity index (χ2v) is 2.84. The number of nitrogens with zero attached hydrogens (tertiary/aromatic N) is 2. The van der Waals surface area contributed by atoms with E-state index in [1.165, 1.54) is 0 Å². The van der Waals surface area contributed by atoms with Gasteiger partial charge in [-0.1, -0.05) is 0 Å². The summed E-state index contributed by atoms with van der Waals surface area (Å²) in [6, 6.07) is 0.621. The maximum absolute atomic E-state index is 10.7. The van der Waals surface area contributed by atoms with Gasteiger partial charge < -0.3 is 9.84 Å². The first-order chi connectivity index (χ1) is 7.93. The minimum Gasteiger partial charge on any atom is -0.504 e. The summed E-state index contributed by atoms with van der Waals surface area (Å²) in [6.45, 7) is 0. The van der Waals surface area contributed by atoms with Crippen LogP contribution in [0.2, 0.25) is 0 Å². The zero-order valence-electron chi connectivity index (χ0n) is 8.45. The van der Waals surface area contributed by atoms with Crippen molar-refractivity contribution in [3.63, 3.8) is 0 Å². The summed E-state index contributed by atoms with van der Waals surface area (Å²) in [7, 11) is 1.03. The van der Waals surface area contributed by atoms with Crippen molar-refractivity contribution in [1.29, 1.82) is 0 Å². The third-order valence-corrected chi connectivity index (χ3v) is 1.95. The topological polar surface area (TPSA) is 133 Å². The quantitative estimate of drug-likeness (QED) is 0.473. The van der Waals surface area contributed by atoms with Crippen LogP contribution in [0, 0.1) is 20.2 Å². The Morgan fingerprint density at radius 1 is 1.35 bits per heavy atom. The summed E-state index contributed by atoms with van der Waals surface area (Å²) in [5, 5.41) is 30.6. The first-order valence-electron chi connectivity index (χ1n) is 4.12. The molecule has 0 amide bonds. The van der Waals surface area contributed by atoms with E-state index >= 15 is 0 Å². The molecule has 0 heterocycles. The molecule has 17 heavy (non-hydrogen) atoms. The van der Waals surface area contributed by atoms with Crippen LogP contribution in [-0.2, 0) is 0 Å². The number of aromatic hydroxyl groups is 1. The summed E-state index contributed by atoms with van der Waals surface area (Å²) < 4.78 is 4.54. The highest BCUT2D eigenvalue weighted by atomic mass is 16.6. The Morgan fingerprint density at radius 3 is 2.29 bits per heavy atom. The average Bonchev–Trinajstić information content (AvgIpc) is 2.26. The second-order valence-electron chi connectivity index (χ2n) is 2.84. The van der Waals surface area contributed by atoms with Crippen molar-refractivity contribution in [2.24, 2.45) is 0 Å². The smallest absolute Gasteiger partial charge is 0.332 e. The SMILES string of the molecule is COc1c(O)cc([N+](=O)[O-])c(C=O)c1[N+](=O)[O-]. The van der Waals surface area contributed by atoms with Crippen molar-refractivity contribution < 1.29 is 24.5 Å². The highest BCUT2D eigenvalue weighted by Crippen LogP contribution is 2.42. The summed E-state index contributed by atoms with van der Waals surface area (Å²) >= 11 is 0. The van der Waals surface area contributed by atoms with Gasteiger partial charge in [-0.3, -0.25) is 25.0 Å². The maximum atomic E-state index is 10.7. The number of carbonyl (C=O) groups is 1. The van der Waals surface area contributed by atoms with Gasteiger partial charge in [-0.25, -0.2) is 0 Å². The zero-order chi connectivity index (χ0) is 13.2. The largest absolute Gasteiger partial charge is 0.504 e. The molecule has 0 saturated carbocycles. The molecule has 0 bridgehead atoms. The van der Waals surface area contributed by atoms with Crippen LogP contribution in [0.4, 0.5) is 11.4 Å². The predicted octanol–water partition coefficient (Wildman–Crippen LogP) is 1.03. The van der Waals surface area contributed by atoms with E-state index in [9.17, 15) is 30.1 Å². The molecule has 0 aliphatic carbocycles. The van der Waals surface area contributed by atoms with Crippen molar-refractivity contribution in [3.8, 4) is 11.5 Å². The summed E-state index contributed by atoms with van der Waals surface area (Å²) in [6.07, 6.45) is -0.0295. The highest BCUT2D eigenvalue weighted by molar-refractivity contribution is 5.91. The van der Waals surface area contributed by atoms with E-state index in [1.807, 2.05) is 0 Å². The van der Waals surface area contributed by atoms with Crippen molar-refractivity contribution in [2.45, 2.75) is 0 Å². The normalized spacial score (nSPS) is 9.71. The van der Waals surface area contributed by atoms with Crippen LogP contribution >= 0.6 is 0 Å². The molecule has 0 unspecified atom stereocenters. The van der Waals surface area contributed by atoms with Crippen LogP contribution in [0.3, 0.4) is 0 Å². The fourth-order valence-electron chi connectivity index (χ4n) is 1.29. The molecule has 0 saturated heterocycles. The third kappa shape index (κ3) is 1.97. The number of rotatable bonds is 4. The number of nitro benzene ring substituents is 2. The number of benzene rings is 1. The number of ether oxygens (including phenoxy) is 1. The number of phenolic OH excluding ortho intramolecular Hbond substituents is 1. The van der Waals surface area contributed by atoms with Gasteiger partial charge in [0.1, 0.15) is 0 Å². The number of hydrogen-bond acceptors (Lipinski definition) is 7. The van der Waals surface area contributed by atoms with Crippen LogP contribution in [0.15, 0.2) is 6.07 Å². The van der Waals surface area contributed by atoms with Gasteiger partial charge in [0.05, 0.1) is 23.0 Å². The minimum absolute atomic E-state index is 0.0295. The van der Waals surface area contributed by atoms with Gasteiger partial charge in [-0.2, -0.15) is 0 Å². The lowest BCUT2D eigenvalue weighted by Crippen LogP contribution is -2.03. The van der Waals surface area contributed by atoms with Crippen LogP contribution in [0.1, 0.15) is 10.4 Å². The van der Waals surface area contributed by atoms with E-state index in [2.05, 4.69) is 4.74 Å². The van der Waals surface area contributed by atoms with E-state index in [0.717, 1.165) is 7.11 Å². The van der Waals surface area contributed by atoms with Crippen molar-refractivity contribution in [3.05, 3.63) is 31.9 Å². The Hall–Kier alpha value is -2.71. The number of nitro groups is 2. The number of phenols is 1. The van der Waals surface area contributed by atoms with Crippen LogP contribution < -0.4 is 4.74 Å². The summed E-state index contributed by atoms with van der Waals surface area (Å²) in [5.41, 5.74) is -2.55. The van der Waals surface area contributed by atoms with Gasteiger partial charge in [0.15, 0.2) is 17.6 Å². The first-order valence-corrected chi connectivity index (χ1v) is 4.12. The molecule has 1 N–H and O–H groups in total. The third-order valence-electron chi connectivity index (χ3n) is 1.95. The van der Waals surface area contributed by atoms with E-state index in [1.54, 1.807) is 0 Å². The molecule has 0 atom stereocenters. The lowest BCUT2D eigenvalue weighted by molar-refractivity contribution is -0.395. The lowest BCUT2D eigenvalue weighted by atomic mass is 10.1. The number of hydrogen-bond donors (Lipinski definition) is 1. The summed E-state index contributed by atoms with van der Waals surface area (Å²) in [5.74, 6) is -1.38. The van der Waals surface area contributed by atoms with E-state index in [4.69, 9.17) is 0 Å². The predicted molar refractivity (Wildman–Crippen MR) is 53.4 cm³/mol. The molecular weight excluding hydrogens is 236 g/mol. The summed E-state index contributed by atoms with van der Waals surface area (Å²) in [4.78, 5) is 30.0. The van der Waals surface area contributed by atoms with Gasteiger partial charge in [-0.15, -0.1) is 0 Å². The van der Waals surface area contributed by atoms with E-state index in [0.29, 0.717) is 6.07 Å². The molecule has 0 aliphatic heterocycles. The molecule has 0 aromatic heterocycles. The molecule has 1 aromatic carbocycles. The van der Waals surface area contributed by atoms with Gasteiger partial charge in [0.25, 0.3) is 5.69 Å². The van der Waals surface area contributed by atoms with Crippen LogP contribution in [0.5, 0.6) is 11.5 Å². The molecule has 0 radical (unpaired) electrons. The standard InChI is InChI=1S/C8H6N2O7/c1-17-8-6(12)2-5(9(13)14)4(3-11)7(8)10(15)16/h2-3,12H,1H3.